The van der Waals surface area contributed by atoms with Gasteiger partial charge in [0.1, 0.15) is 5.01 Å². The van der Waals surface area contributed by atoms with Gasteiger partial charge in [-0.25, -0.2) is 0 Å². The molecule has 2 heterocycles. The highest BCUT2D eigenvalue weighted by Gasteiger charge is 2.18. The lowest BCUT2D eigenvalue weighted by atomic mass is 10.1. The smallest absolute Gasteiger partial charge is 0.228 e. The molecule has 0 spiro atoms. The summed E-state index contributed by atoms with van der Waals surface area (Å²) < 4.78 is 0. The number of aromatic nitrogens is 2. The van der Waals surface area contributed by atoms with Crippen molar-refractivity contribution in [2.45, 2.75) is 18.9 Å². The first kappa shape index (κ1) is 17.9. The van der Waals surface area contributed by atoms with Crippen LogP contribution in [0.3, 0.4) is 0 Å². The number of nitrogens with zero attached hydrogens (tertiary/aromatic N) is 2. The lowest BCUT2D eigenvalue weighted by Crippen LogP contribution is -2.31. The number of carbonyl (C=O) groups is 1. The second kappa shape index (κ2) is 7.64. The number of carbonyl (C=O) groups excluding carboxylic acids is 1. The third-order valence-corrected chi connectivity index (χ3v) is 5.51. The summed E-state index contributed by atoms with van der Waals surface area (Å²) in [6.07, 6.45) is 1.16. The Morgan fingerprint density at radius 3 is 2.85 bits per heavy atom. The Bertz CT molecular complexity index is 972. The summed E-state index contributed by atoms with van der Waals surface area (Å²) in [5, 5.41) is 16.8. The molecular formula is C19H18ClN5OS. The van der Waals surface area contributed by atoms with Gasteiger partial charge in [-0.2, -0.15) is 0 Å². The Labute approximate surface area is 165 Å². The van der Waals surface area contributed by atoms with Gasteiger partial charge in [-0.1, -0.05) is 35.1 Å². The molecule has 2 aromatic carbocycles. The van der Waals surface area contributed by atoms with E-state index in [4.69, 9.17) is 17.3 Å². The maximum Gasteiger partial charge on any atom is 0.228 e. The van der Waals surface area contributed by atoms with Crippen molar-refractivity contribution in [1.82, 2.24) is 10.2 Å². The van der Waals surface area contributed by atoms with Gasteiger partial charge >= 0.3 is 0 Å². The molecule has 4 rings (SSSR count). The first-order valence-electron chi connectivity index (χ1n) is 8.57. The Hall–Kier alpha value is -2.48. The monoisotopic (exact) mass is 399 g/mol. The van der Waals surface area contributed by atoms with E-state index in [1.54, 1.807) is 0 Å². The van der Waals surface area contributed by atoms with Gasteiger partial charge in [-0.15, -0.1) is 10.2 Å². The van der Waals surface area contributed by atoms with E-state index < -0.39 is 0 Å². The maximum absolute atomic E-state index is 11.5. The largest absolute Gasteiger partial charge is 0.359 e. The third kappa shape index (κ3) is 4.27. The number of anilines is 2. The quantitative estimate of drug-likeness (QED) is 0.591. The van der Waals surface area contributed by atoms with Gasteiger partial charge in [0, 0.05) is 28.9 Å². The van der Waals surface area contributed by atoms with E-state index in [1.807, 2.05) is 42.5 Å². The van der Waals surface area contributed by atoms with Gasteiger partial charge in [0.05, 0.1) is 6.42 Å². The zero-order chi connectivity index (χ0) is 18.8. The first-order chi connectivity index (χ1) is 13.1. The second-order valence-electron chi connectivity index (χ2n) is 6.48. The Kier molecular flexibility index (Phi) is 5.07. The Morgan fingerprint density at radius 2 is 2.04 bits per heavy atom. The summed E-state index contributed by atoms with van der Waals surface area (Å²) in [5.74, 6) is 0.0245. The van der Waals surface area contributed by atoms with E-state index in [0.717, 1.165) is 44.0 Å². The van der Waals surface area contributed by atoms with Crippen LogP contribution >= 0.6 is 22.9 Å². The minimum Gasteiger partial charge on any atom is -0.359 e. The van der Waals surface area contributed by atoms with Crippen LogP contribution in [-0.4, -0.2) is 28.7 Å². The van der Waals surface area contributed by atoms with Crippen molar-refractivity contribution in [1.29, 1.82) is 0 Å². The van der Waals surface area contributed by atoms with E-state index in [9.17, 15) is 4.79 Å². The number of hydrogen-bond acceptors (Lipinski definition) is 6. The van der Waals surface area contributed by atoms with Gasteiger partial charge in [0.15, 0.2) is 0 Å². The summed E-state index contributed by atoms with van der Waals surface area (Å²) in [6, 6.07) is 13.5. The van der Waals surface area contributed by atoms with Gasteiger partial charge in [-0.05, 0) is 47.9 Å². The van der Waals surface area contributed by atoms with Gasteiger partial charge in [0.2, 0.25) is 11.0 Å². The molecule has 4 N–H and O–H groups in total. The molecule has 27 heavy (non-hydrogen) atoms. The zero-order valence-electron chi connectivity index (χ0n) is 14.4. The molecule has 8 heteroatoms. The minimum atomic E-state index is -0.0457. The third-order valence-electron chi connectivity index (χ3n) is 4.33. The highest BCUT2D eigenvalue weighted by molar-refractivity contribution is 7.18. The molecule has 1 aliphatic rings. The fourth-order valence-electron chi connectivity index (χ4n) is 2.99. The maximum atomic E-state index is 11.5. The SMILES string of the molecule is N[C@H](CNc1nnc(-c2ccc3c(c2)CC(=O)N3)s1)Cc1ccc(Cl)cc1. The predicted molar refractivity (Wildman–Crippen MR) is 109 cm³/mol. The average molecular weight is 400 g/mol. The van der Waals surface area contributed by atoms with Gasteiger partial charge in [-0.3, -0.25) is 4.79 Å². The molecule has 1 atom stereocenters. The summed E-state index contributed by atoms with van der Waals surface area (Å²) in [5.41, 5.74) is 10.2. The molecule has 0 bridgehead atoms. The fraction of sp³-hybridized carbons (Fsp3) is 0.211. The normalized spacial score (nSPS) is 13.9. The second-order valence-corrected chi connectivity index (χ2v) is 7.89. The number of fused-ring (bicyclic) bond motifs is 1. The van der Waals surface area contributed by atoms with Crippen LogP contribution < -0.4 is 16.4 Å². The molecule has 3 aromatic rings. The van der Waals surface area contributed by atoms with Crippen LogP contribution in [0.15, 0.2) is 42.5 Å². The van der Waals surface area contributed by atoms with Gasteiger partial charge < -0.3 is 16.4 Å². The number of nitrogens with one attached hydrogen (secondary N) is 2. The number of halogens is 1. The lowest BCUT2D eigenvalue weighted by molar-refractivity contribution is -0.115. The fourth-order valence-corrected chi connectivity index (χ4v) is 3.86. The summed E-state index contributed by atoms with van der Waals surface area (Å²) in [6.45, 7) is 0.597. The molecule has 1 aliphatic heterocycles. The topological polar surface area (TPSA) is 92.9 Å². The van der Waals surface area contributed by atoms with E-state index >= 15 is 0 Å². The molecule has 0 saturated carbocycles. The number of hydrogen-bond donors (Lipinski definition) is 3. The molecule has 6 nitrogen and oxygen atoms in total. The zero-order valence-corrected chi connectivity index (χ0v) is 16.0. The lowest BCUT2D eigenvalue weighted by Gasteiger charge is -2.12. The predicted octanol–water partition coefficient (Wildman–Crippen LogP) is 3.34. The van der Waals surface area contributed by atoms with E-state index in [1.165, 1.54) is 11.3 Å². The van der Waals surface area contributed by atoms with Crippen LogP contribution in [0.25, 0.3) is 10.6 Å². The highest BCUT2D eigenvalue weighted by Crippen LogP contribution is 2.31. The van der Waals surface area contributed by atoms with Gasteiger partial charge in [0.25, 0.3) is 0 Å². The molecule has 0 aliphatic carbocycles. The summed E-state index contributed by atoms with van der Waals surface area (Å²) in [7, 11) is 0. The van der Waals surface area contributed by atoms with Crippen molar-refractivity contribution in [3.63, 3.8) is 0 Å². The van der Waals surface area contributed by atoms with Crippen LogP contribution in [0.2, 0.25) is 5.02 Å². The molecule has 0 fully saturated rings. The van der Waals surface area contributed by atoms with Crippen LogP contribution in [0.4, 0.5) is 10.8 Å². The molecule has 0 unspecified atom stereocenters. The summed E-state index contributed by atoms with van der Waals surface area (Å²) >= 11 is 7.37. The first-order valence-corrected chi connectivity index (χ1v) is 9.77. The summed E-state index contributed by atoms with van der Waals surface area (Å²) in [4.78, 5) is 11.5. The number of nitrogens with two attached hydrogens (primary N) is 1. The van der Waals surface area contributed by atoms with Crippen LogP contribution in [-0.2, 0) is 17.6 Å². The van der Waals surface area contributed by atoms with Crippen LogP contribution in [0, 0.1) is 0 Å². The molecule has 0 radical (unpaired) electrons. The standard InChI is InChI=1S/C19H18ClN5OS/c20-14-4-1-11(2-5-14)7-15(21)10-22-19-25-24-18(27-19)12-3-6-16-13(8-12)9-17(26)23-16/h1-6,8,15H,7,9-10,21H2,(H,22,25)(H,23,26)/t15-/m0/s1. The molecule has 138 valence electrons. The molecular weight excluding hydrogens is 382 g/mol. The van der Waals surface area contributed by atoms with E-state index in [0.29, 0.717) is 13.0 Å². The van der Waals surface area contributed by atoms with Crippen LogP contribution in [0.1, 0.15) is 11.1 Å². The number of rotatable bonds is 6. The average Bonchev–Trinajstić information content (AvgIpc) is 3.26. The van der Waals surface area contributed by atoms with Crippen molar-refractivity contribution in [3.8, 4) is 10.6 Å². The van der Waals surface area contributed by atoms with Crippen molar-refractivity contribution in [2.75, 3.05) is 17.2 Å². The van der Waals surface area contributed by atoms with Crippen LogP contribution in [0.5, 0.6) is 0 Å². The Morgan fingerprint density at radius 1 is 1.22 bits per heavy atom. The van der Waals surface area contributed by atoms with Crippen molar-refractivity contribution >= 4 is 39.7 Å². The van der Waals surface area contributed by atoms with E-state index in [2.05, 4.69) is 20.8 Å². The molecule has 1 amide bonds. The number of amides is 1. The van der Waals surface area contributed by atoms with Crippen molar-refractivity contribution < 1.29 is 4.79 Å². The van der Waals surface area contributed by atoms with Crippen molar-refractivity contribution in [3.05, 3.63) is 58.6 Å². The number of benzene rings is 2. The molecule has 1 aromatic heterocycles. The van der Waals surface area contributed by atoms with Crippen molar-refractivity contribution in [2.24, 2.45) is 5.73 Å². The molecule has 0 saturated heterocycles. The highest BCUT2D eigenvalue weighted by atomic mass is 35.5. The van der Waals surface area contributed by atoms with E-state index in [-0.39, 0.29) is 11.9 Å². The minimum absolute atomic E-state index is 0.0245. The Balaban J connectivity index is 1.36.